The van der Waals surface area contributed by atoms with Crippen LogP contribution in [0.3, 0.4) is 0 Å². The van der Waals surface area contributed by atoms with Gasteiger partial charge in [-0.1, -0.05) is 98.8 Å². The second kappa shape index (κ2) is 6.10. The van der Waals surface area contributed by atoms with Crippen LogP contribution in [0, 0.1) is 0 Å². The summed E-state index contributed by atoms with van der Waals surface area (Å²) in [6.45, 7) is 4.67. The summed E-state index contributed by atoms with van der Waals surface area (Å²) in [4.78, 5) is 0. The van der Waals surface area contributed by atoms with Gasteiger partial charge in [-0.15, -0.1) is 0 Å². The number of benzene rings is 4. The Kier molecular flexibility index (Phi) is 3.67. The summed E-state index contributed by atoms with van der Waals surface area (Å²) in [5.74, 6) is 0. The van der Waals surface area contributed by atoms with Gasteiger partial charge in [0.1, 0.15) is 0 Å². The lowest BCUT2D eigenvalue weighted by molar-refractivity contribution is 0.662. The first kappa shape index (κ1) is 16.8. The van der Waals surface area contributed by atoms with Crippen LogP contribution in [0.5, 0.6) is 0 Å². The maximum absolute atomic E-state index is 6.33. The summed E-state index contributed by atoms with van der Waals surface area (Å²) >= 11 is 0. The SMILES string of the molecule is CC1(C)c2ccccc2-c2cccc(-c3ccccc3-c3ccccc3N)c21. The standard InChI is InChI=1S/C27H23N/c1-27(2)24-16-7-5-12-20(24)23-15-9-14-22(26(23)27)19-11-4-3-10-18(19)21-13-6-8-17-25(21)28/h3-17H,28H2,1-2H3. The summed E-state index contributed by atoms with van der Waals surface area (Å²) in [5.41, 5.74) is 17.4. The van der Waals surface area contributed by atoms with E-state index in [2.05, 4.69) is 92.7 Å². The number of nitrogens with two attached hydrogens (primary N) is 1. The molecule has 0 heterocycles. The van der Waals surface area contributed by atoms with Crippen molar-refractivity contribution in [1.29, 1.82) is 0 Å². The Bertz CT molecular complexity index is 1200. The van der Waals surface area contributed by atoms with Crippen LogP contribution in [0.2, 0.25) is 0 Å². The van der Waals surface area contributed by atoms with E-state index in [1.54, 1.807) is 0 Å². The van der Waals surface area contributed by atoms with E-state index >= 15 is 0 Å². The Morgan fingerprint density at radius 1 is 0.500 bits per heavy atom. The van der Waals surface area contributed by atoms with Crippen molar-refractivity contribution in [3.8, 4) is 33.4 Å². The smallest absolute Gasteiger partial charge is 0.0393 e. The van der Waals surface area contributed by atoms with Gasteiger partial charge in [-0.05, 0) is 45.0 Å². The molecule has 0 aliphatic heterocycles. The van der Waals surface area contributed by atoms with Gasteiger partial charge in [0.05, 0.1) is 0 Å². The summed E-state index contributed by atoms with van der Waals surface area (Å²) in [7, 11) is 0. The summed E-state index contributed by atoms with van der Waals surface area (Å²) in [6, 6.07) is 32.2. The van der Waals surface area contributed by atoms with Crippen molar-refractivity contribution in [2.24, 2.45) is 0 Å². The summed E-state index contributed by atoms with van der Waals surface area (Å²) < 4.78 is 0. The van der Waals surface area contributed by atoms with Gasteiger partial charge >= 0.3 is 0 Å². The average molecular weight is 361 g/mol. The molecule has 28 heavy (non-hydrogen) atoms. The molecular formula is C27H23N. The normalized spacial score (nSPS) is 13.8. The first-order chi connectivity index (χ1) is 13.6. The minimum atomic E-state index is -0.0438. The molecular weight excluding hydrogens is 338 g/mol. The van der Waals surface area contributed by atoms with Gasteiger partial charge < -0.3 is 5.73 Å². The summed E-state index contributed by atoms with van der Waals surface area (Å²) in [6.07, 6.45) is 0. The molecule has 0 atom stereocenters. The maximum Gasteiger partial charge on any atom is 0.0393 e. The molecule has 4 aromatic carbocycles. The van der Waals surface area contributed by atoms with Crippen molar-refractivity contribution in [2.45, 2.75) is 19.3 Å². The zero-order chi connectivity index (χ0) is 19.3. The number of hydrogen-bond donors (Lipinski definition) is 1. The van der Waals surface area contributed by atoms with Crippen LogP contribution in [0.25, 0.3) is 33.4 Å². The second-order valence-corrected chi connectivity index (χ2v) is 8.03. The summed E-state index contributed by atoms with van der Waals surface area (Å²) in [5, 5.41) is 0. The number of para-hydroxylation sites is 1. The van der Waals surface area contributed by atoms with Crippen molar-refractivity contribution in [3.63, 3.8) is 0 Å². The second-order valence-electron chi connectivity index (χ2n) is 8.03. The topological polar surface area (TPSA) is 26.0 Å². The van der Waals surface area contributed by atoms with Crippen LogP contribution in [-0.4, -0.2) is 0 Å². The monoisotopic (exact) mass is 361 g/mol. The fourth-order valence-corrected chi connectivity index (χ4v) is 4.77. The number of hydrogen-bond acceptors (Lipinski definition) is 1. The molecule has 1 aliphatic rings. The lowest BCUT2D eigenvalue weighted by Gasteiger charge is -2.25. The highest BCUT2D eigenvalue weighted by atomic mass is 14.6. The minimum Gasteiger partial charge on any atom is -0.398 e. The van der Waals surface area contributed by atoms with Crippen molar-refractivity contribution in [3.05, 3.63) is 102 Å². The van der Waals surface area contributed by atoms with Crippen LogP contribution in [0.1, 0.15) is 25.0 Å². The quantitative estimate of drug-likeness (QED) is 0.386. The Hall–Kier alpha value is -3.32. The van der Waals surface area contributed by atoms with Gasteiger partial charge in [-0.25, -0.2) is 0 Å². The average Bonchev–Trinajstić information content (AvgIpc) is 2.96. The number of nitrogen functional groups attached to an aromatic ring is 1. The van der Waals surface area contributed by atoms with Gasteiger partial charge in [0.2, 0.25) is 0 Å². The van der Waals surface area contributed by atoms with Crippen LogP contribution >= 0.6 is 0 Å². The molecule has 136 valence electrons. The molecule has 1 heteroatoms. The molecule has 0 aromatic heterocycles. The largest absolute Gasteiger partial charge is 0.398 e. The molecule has 2 N–H and O–H groups in total. The molecule has 0 amide bonds. The first-order valence-corrected chi connectivity index (χ1v) is 9.76. The Balaban J connectivity index is 1.81. The van der Waals surface area contributed by atoms with Crippen LogP contribution < -0.4 is 5.73 Å². The first-order valence-electron chi connectivity index (χ1n) is 9.76. The highest BCUT2D eigenvalue weighted by molar-refractivity contribution is 5.94. The van der Waals surface area contributed by atoms with E-state index in [9.17, 15) is 0 Å². The van der Waals surface area contributed by atoms with Gasteiger partial charge in [-0.3, -0.25) is 0 Å². The maximum atomic E-state index is 6.33. The number of fused-ring (bicyclic) bond motifs is 3. The molecule has 0 radical (unpaired) electrons. The number of anilines is 1. The fraction of sp³-hybridized carbons (Fsp3) is 0.111. The van der Waals surface area contributed by atoms with E-state index in [-0.39, 0.29) is 5.41 Å². The Morgan fingerprint density at radius 2 is 0.964 bits per heavy atom. The molecule has 0 fully saturated rings. The fourth-order valence-electron chi connectivity index (χ4n) is 4.77. The zero-order valence-corrected chi connectivity index (χ0v) is 16.2. The van der Waals surface area contributed by atoms with Crippen molar-refractivity contribution in [1.82, 2.24) is 0 Å². The molecule has 0 unspecified atom stereocenters. The van der Waals surface area contributed by atoms with E-state index in [4.69, 9.17) is 5.73 Å². The lowest BCUT2D eigenvalue weighted by Crippen LogP contribution is -2.16. The molecule has 1 aliphatic carbocycles. The van der Waals surface area contributed by atoms with Crippen LogP contribution in [0.15, 0.2) is 91.0 Å². The highest BCUT2D eigenvalue weighted by Gasteiger charge is 2.37. The predicted octanol–water partition coefficient (Wildman–Crippen LogP) is 6.91. The molecule has 0 bridgehead atoms. The third-order valence-electron chi connectivity index (χ3n) is 6.05. The predicted molar refractivity (Wildman–Crippen MR) is 119 cm³/mol. The molecule has 5 rings (SSSR count). The number of rotatable bonds is 2. The van der Waals surface area contributed by atoms with E-state index in [1.807, 2.05) is 12.1 Å². The van der Waals surface area contributed by atoms with E-state index in [1.165, 1.54) is 38.9 Å². The molecule has 4 aromatic rings. The van der Waals surface area contributed by atoms with E-state index < -0.39 is 0 Å². The Morgan fingerprint density at radius 3 is 1.64 bits per heavy atom. The van der Waals surface area contributed by atoms with Gasteiger partial charge in [0.15, 0.2) is 0 Å². The van der Waals surface area contributed by atoms with Crippen LogP contribution in [0.4, 0.5) is 5.69 Å². The van der Waals surface area contributed by atoms with Crippen LogP contribution in [-0.2, 0) is 5.41 Å². The molecule has 1 nitrogen and oxygen atoms in total. The van der Waals surface area contributed by atoms with Gasteiger partial charge in [-0.2, -0.15) is 0 Å². The van der Waals surface area contributed by atoms with Crippen molar-refractivity contribution >= 4 is 5.69 Å². The Labute approximate surface area is 166 Å². The van der Waals surface area contributed by atoms with Crippen molar-refractivity contribution in [2.75, 3.05) is 5.73 Å². The lowest BCUT2D eigenvalue weighted by atomic mass is 9.78. The minimum absolute atomic E-state index is 0.0438. The third-order valence-corrected chi connectivity index (χ3v) is 6.05. The molecule has 0 saturated heterocycles. The third kappa shape index (κ3) is 2.33. The zero-order valence-electron chi connectivity index (χ0n) is 16.2. The van der Waals surface area contributed by atoms with Gasteiger partial charge in [0.25, 0.3) is 0 Å². The molecule has 0 spiro atoms. The molecule has 0 saturated carbocycles. The van der Waals surface area contributed by atoms with E-state index in [0.717, 1.165) is 11.3 Å². The highest BCUT2D eigenvalue weighted by Crippen LogP contribution is 2.52. The van der Waals surface area contributed by atoms with Gasteiger partial charge in [0, 0.05) is 16.7 Å². The van der Waals surface area contributed by atoms with Crippen molar-refractivity contribution < 1.29 is 0 Å². The van der Waals surface area contributed by atoms with E-state index in [0.29, 0.717) is 0 Å².